The highest BCUT2D eigenvalue weighted by Gasteiger charge is 2.14. The normalized spacial score (nSPS) is 11.8. The first kappa shape index (κ1) is 11.6. The largest absolute Gasteiger partial charge is 0.482 e. The summed E-state index contributed by atoms with van der Waals surface area (Å²) < 4.78 is 18.9. The molecule has 0 fully saturated rings. The van der Waals surface area contributed by atoms with Gasteiger partial charge in [0.25, 0.3) is 0 Å². The predicted octanol–water partition coefficient (Wildman–Crippen LogP) is 3.29. The fourth-order valence-electron chi connectivity index (χ4n) is 1.39. The number of nitrogens with zero attached hydrogens (tertiary/aromatic N) is 2. The molecule has 17 heavy (non-hydrogen) atoms. The molecule has 86 valence electrons. The van der Waals surface area contributed by atoms with E-state index < -0.39 is 5.82 Å². The second kappa shape index (κ2) is 4.93. The van der Waals surface area contributed by atoms with E-state index in [2.05, 4.69) is 4.98 Å². The summed E-state index contributed by atoms with van der Waals surface area (Å²) in [5.74, 6) is -0.327. The van der Waals surface area contributed by atoms with Crippen molar-refractivity contribution >= 4 is 11.3 Å². The predicted molar refractivity (Wildman–Crippen MR) is 62.3 cm³/mol. The topological polar surface area (TPSA) is 45.9 Å². The molecule has 0 aliphatic heterocycles. The Hall–Kier alpha value is -1.93. The van der Waals surface area contributed by atoms with E-state index in [-0.39, 0.29) is 17.4 Å². The van der Waals surface area contributed by atoms with Gasteiger partial charge in [-0.25, -0.2) is 9.37 Å². The molecule has 0 saturated carbocycles. The van der Waals surface area contributed by atoms with Gasteiger partial charge in [-0.05, 0) is 19.1 Å². The van der Waals surface area contributed by atoms with Crippen molar-refractivity contribution in [3.05, 3.63) is 46.2 Å². The minimum absolute atomic E-state index is 0.0732. The summed E-state index contributed by atoms with van der Waals surface area (Å²) in [6, 6.07) is 6.12. The van der Waals surface area contributed by atoms with Crippen LogP contribution in [0.5, 0.6) is 5.75 Å². The summed E-state index contributed by atoms with van der Waals surface area (Å²) in [6.45, 7) is 1.81. The maximum Gasteiger partial charge on any atom is 0.147 e. The van der Waals surface area contributed by atoms with E-state index in [1.165, 1.54) is 23.5 Å². The van der Waals surface area contributed by atoms with Crippen molar-refractivity contribution in [1.82, 2.24) is 4.98 Å². The fraction of sp³-hybridized carbons (Fsp3) is 0.167. The zero-order valence-corrected chi connectivity index (χ0v) is 9.87. The van der Waals surface area contributed by atoms with Crippen molar-refractivity contribution in [3.63, 3.8) is 0 Å². The van der Waals surface area contributed by atoms with Crippen LogP contribution in [0.15, 0.2) is 29.8 Å². The first-order valence-corrected chi connectivity index (χ1v) is 5.85. The van der Waals surface area contributed by atoms with Crippen LogP contribution in [0.25, 0.3) is 0 Å². The number of ether oxygens (including phenoxy) is 1. The van der Waals surface area contributed by atoms with Gasteiger partial charge in [-0.2, -0.15) is 5.26 Å². The van der Waals surface area contributed by atoms with Crippen LogP contribution >= 0.6 is 11.3 Å². The zero-order chi connectivity index (χ0) is 12.3. The first-order valence-electron chi connectivity index (χ1n) is 4.97. The molecule has 0 saturated heterocycles. The molecule has 1 atom stereocenters. The van der Waals surface area contributed by atoms with Crippen LogP contribution in [0.3, 0.4) is 0 Å². The summed E-state index contributed by atoms with van der Waals surface area (Å²) >= 11 is 1.46. The third-order valence-corrected chi connectivity index (χ3v) is 3.13. The Balaban J connectivity index is 2.25. The van der Waals surface area contributed by atoms with Gasteiger partial charge >= 0.3 is 0 Å². The fourth-order valence-corrected chi connectivity index (χ4v) is 2.01. The lowest BCUT2D eigenvalue weighted by atomic mass is 10.2. The molecular formula is C12H9FN2OS. The lowest BCUT2D eigenvalue weighted by Crippen LogP contribution is -2.04. The molecule has 5 heteroatoms. The van der Waals surface area contributed by atoms with Crippen LogP contribution in [0.4, 0.5) is 4.39 Å². The molecule has 1 aromatic carbocycles. The molecule has 0 radical (unpaired) electrons. The molecule has 0 amide bonds. The van der Waals surface area contributed by atoms with E-state index in [1.807, 2.05) is 12.3 Å². The number of nitriles is 1. The smallest absolute Gasteiger partial charge is 0.147 e. The van der Waals surface area contributed by atoms with Crippen molar-refractivity contribution in [1.29, 1.82) is 5.26 Å². The molecule has 0 bridgehead atoms. The van der Waals surface area contributed by atoms with Gasteiger partial charge in [0.2, 0.25) is 0 Å². The van der Waals surface area contributed by atoms with E-state index >= 15 is 0 Å². The van der Waals surface area contributed by atoms with Gasteiger partial charge in [-0.3, -0.25) is 0 Å². The Bertz CT molecular complexity index is 548. The summed E-state index contributed by atoms with van der Waals surface area (Å²) in [6.07, 6.45) is 1.38. The maximum atomic E-state index is 13.3. The minimum atomic E-state index is -0.573. The molecule has 0 aliphatic carbocycles. The van der Waals surface area contributed by atoms with E-state index in [0.717, 1.165) is 5.01 Å². The maximum absolute atomic E-state index is 13.3. The molecule has 1 aromatic heterocycles. The molecule has 1 unspecified atom stereocenters. The monoisotopic (exact) mass is 248 g/mol. The van der Waals surface area contributed by atoms with E-state index in [9.17, 15) is 4.39 Å². The Morgan fingerprint density at radius 1 is 1.53 bits per heavy atom. The van der Waals surface area contributed by atoms with E-state index in [4.69, 9.17) is 10.00 Å². The Labute approximate surface area is 102 Å². The molecule has 0 N–H and O–H groups in total. The van der Waals surface area contributed by atoms with Crippen molar-refractivity contribution in [2.24, 2.45) is 0 Å². The van der Waals surface area contributed by atoms with Gasteiger partial charge in [-0.15, -0.1) is 11.3 Å². The molecule has 1 heterocycles. The van der Waals surface area contributed by atoms with Crippen LogP contribution in [0.1, 0.15) is 23.6 Å². The van der Waals surface area contributed by atoms with Crippen molar-refractivity contribution in [2.45, 2.75) is 13.0 Å². The highest BCUT2D eigenvalue weighted by atomic mass is 32.1. The van der Waals surface area contributed by atoms with Crippen molar-refractivity contribution in [3.8, 4) is 11.8 Å². The van der Waals surface area contributed by atoms with Gasteiger partial charge in [-0.1, -0.05) is 6.07 Å². The number of rotatable bonds is 3. The molecule has 2 aromatic rings. The first-order chi connectivity index (χ1) is 8.22. The summed E-state index contributed by atoms with van der Waals surface area (Å²) in [5, 5.41) is 11.5. The lowest BCUT2D eigenvalue weighted by Gasteiger charge is -2.13. The minimum Gasteiger partial charge on any atom is -0.482 e. The van der Waals surface area contributed by atoms with Gasteiger partial charge in [0.1, 0.15) is 34.3 Å². The average Bonchev–Trinajstić information content (AvgIpc) is 2.82. The van der Waals surface area contributed by atoms with Crippen molar-refractivity contribution in [2.75, 3.05) is 0 Å². The third-order valence-electron chi connectivity index (χ3n) is 2.19. The number of benzene rings is 1. The van der Waals surface area contributed by atoms with Gasteiger partial charge in [0.05, 0.1) is 0 Å². The quantitative estimate of drug-likeness (QED) is 0.837. The SMILES string of the molecule is CC(Oc1cccc(F)c1C#N)c1nccs1. The number of hydrogen-bond acceptors (Lipinski definition) is 4. The van der Waals surface area contributed by atoms with Crippen LogP contribution in [-0.2, 0) is 0 Å². The average molecular weight is 248 g/mol. The molecule has 2 rings (SSSR count). The van der Waals surface area contributed by atoms with Gasteiger partial charge in [0.15, 0.2) is 0 Å². The molecular weight excluding hydrogens is 239 g/mol. The summed E-state index contributed by atoms with van der Waals surface area (Å²) in [5.41, 5.74) is -0.0732. The number of halogens is 1. The highest BCUT2D eigenvalue weighted by Crippen LogP contribution is 2.27. The number of hydrogen-bond donors (Lipinski definition) is 0. The molecule has 0 spiro atoms. The molecule has 3 nitrogen and oxygen atoms in total. The van der Waals surface area contributed by atoms with Gasteiger partial charge < -0.3 is 4.74 Å². The summed E-state index contributed by atoms with van der Waals surface area (Å²) in [4.78, 5) is 4.11. The van der Waals surface area contributed by atoms with Crippen molar-refractivity contribution < 1.29 is 9.13 Å². The zero-order valence-electron chi connectivity index (χ0n) is 9.05. The third kappa shape index (κ3) is 2.43. The number of aromatic nitrogens is 1. The number of thiazole rings is 1. The summed E-state index contributed by atoms with van der Waals surface area (Å²) in [7, 11) is 0. The second-order valence-corrected chi connectivity index (χ2v) is 4.28. The van der Waals surface area contributed by atoms with E-state index in [0.29, 0.717) is 0 Å². The Kier molecular flexibility index (Phi) is 3.35. The van der Waals surface area contributed by atoms with Crippen LogP contribution in [-0.4, -0.2) is 4.98 Å². The van der Waals surface area contributed by atoms with Crippen LogP contribution < -0.4 is 4.74 Å². The Morgan fingerprint density at radius 2 is 2.35 bits per heavy atom. The van der Waals surface area contributed by atoms with Crippen LogP contribution in [0, 0.1) is 17.1 Å². The second-order valence-electron chi connectivity index (χ2n) is 3.36. The molecule has 0 aliphatic rings. The standard InChI is InChI=1S/C12H9FN2OS/c1-8(12-15-5-6-17-12)16-11-4-2-3-10(13)9(11)7-14/h2-6,8H,1H3. The highest BCUT2D eigenvalue weighted by molar-refractivity contribution is 7.09. The van der Waals surface area contributed by atoms with E-state index in [1.54, 1.807) is 18.3 Å². The lowest BCUT2D eigenvalue weighted by molar-refractivity contribution is 0.224. The van der Waals surface area contributed by atoms with Gasteiger partial charge in [0, 0.05) is 11.6 Å². The Morgan fingerprint density at radius 3 is 3.00 bits per heavy atom. The van der Waals surface area contributed by atoms with Crippen LogP contribution in [0.2, 0.25) is 0 Å².